The molecule has 0 aromatic heterocycles. The molecule has 0 bridgehead atoms. The Kier molecular flexibility index (Phi) is 15.9. The van der Waals surface area contributed by atoms with Crippen LogP contribution < -0.4 is 21.7 Å². The van der Waals surface area contributed by atoms with Crippen molar-refractivity contribution >= 4 is 35.5 Å². The number of rotatable bonds is 17. The molecule has 14 heteroatoms. The van der Waals surface area contributed by atoms with Crippen molar-refractivity contribution < 1.29 is 37.9 Å². The lowest BCUT2D eigenvalue weighted by atomic mass is 9.98. The molecule has 0 spiro atoms. The number of nitrogens with zero attached hydrogens (tertiary/aromatic N) is 2. The van der Waals surface area contributed by atoms with Gasteiger partial charge in [0.1, 0.15) is 42.6 Å². The molecule has 0 saturated carbocycles. The van der Waals surface area contributed by atoms with E-state index >= 15 is 0 Å². The lowest BCUT2D eigenvalue weighted by Crippen LogP contribution is -2.59. The Morgan fingerprint density at radius 3 is 2.08 bits per heavy atom. The Morgan fingerprint density at radius 1 is 0.938 bits per heavy atom. The highest BCUT2D eigenvalue weighted by molar-refractivity contribution is 5.95. The Balaban J connectivity index is 2.14. The Bertz CT molecular complexity index is 1270. The molecule has 2 rings (SSSR count). The van der Waals surface area contributed by atoms with E-state index in [4.69, 9.17) is 10.5 Å². The second-order valence-electron chi connectivity index (χ2n) is 12.9. The third kappa shape index (κ3) is 11.9. The number of amides is 5. The third-order valence-corrected chi connectivity index (χ3v) is 8.30. The zero-order chi connectivity index (χ0) is 36.1. The number of carbonyl (C=O) groups excluding carboxylic acids is 6. The molecule has 1 aliphatic rings. The Hall–Kier alpha value is -4.07. The molecular formula is C34H53FN6O7. The van der Waals surface area contributed by atoms with Crippen molar-refractivity contribution in [1.29, 1.82) is 0 Å². The average molecular weight is 677 g/mol. The van der Waals surface area contributed by atoms with E-state index in [1.54, 1.807) is 30.9 Å². The van der Waals surface area contributed by atoms with Gasteiger partial charge in [-0.05, 0) is 62.6 Å². The smallest absolute Gasteiger partial charge is 0.328 e. The third-order valence-electron chi connectivity index (χ3n) is 8.30. The topological polar surface area (TPSA) is 180 Å². The fraction of sp³-hybridized carbons (Fsp3) is 0.647. The number of halogens is 1. The Labute approximate surface area is 282 Å². The summed E-state index contributed by atoms with van der Waals surface area (Å²) in [6, 6.07) is 0.554. The van der Waals surface area contributed by atoms with Gasteiger partial charge in [0.25, 0.3) is 0 Å². The van der Waals surface area contributed by atoms with Gasteiger partial charge < -0.3 is 36.2 Å². The van der Waals surface area contributed by atoms with Crippen molar-refractivity contribution in [3.05, 3.63) is 35.6 Å². The first-order chi connectivity index (χ1) is 22.6. The number of nitrogens with two attached hydrogens (primary N) is 1. The highest BCUT2D eigenvalue weighted by Crippen LogP contribution is 2.18. The largest absolute Gasteiger partial charge is 0.462 e. The number of esters is 1. The predicted molar refractivity (Wildman–Crippen MR) is 177 cm³/mol. The monoisotopic (exact) mass is 676 g/mol. The SMILES string of the molecule is CCN(CC)C(=O)[C@H](Cc1ccc(F)cc1)NC(=O)[C@H](CC(C)C)NC(=O)[C@@H](NC(=O)[C@@H](N)COC(=O)[C@@H]1CCCN1C(C)=O)C(C)C. The van der Waals surface area contributed by atoms with Gasteiger partial charge in [-0.25, -0.2) is 9.18 Å². The van der Waals surface area contributed by atoms with Gasteiger partial charge >= 0.3 is 5.97 Å². The van der Waals surface area contributed by atoms with Gasteiger partial charge in [-0.2, -0.15) is 0 Å². The molecule has 0 aliphatic carbocycles. The fourth-order valence-corrected chi connectivity index (χ4v) is 5.58. The van der Waals surface area contributed by atoms with E-state index in [1.165, 1.54) is 24.0 Å². The normalized spacial score (nSPS) is 16.9. The second kappa shape index (κ2) is 19.1. The summed E-state index contributed by atoms with van der Waals surface area (Å²) in [6.07, 6.45) is 1.47. The minimum absolute atomic E-state index is 0.0240. The van der Waals surface area contributed by atoms with Crippen LogP contribution in [0.25, 0.3) is 0 Å². The summed E-state index contributed by atoms with van der Waals surface area (Å²) in [7, 11) is 0. The molecule has 268 valence electrons. The molecule has 5 atom stereocenters. The van der Waals surface area contributed by atoms with Crippen LogP contribution in [0.5, 0.6) is 0 Å². The van der Waals surface area contributed by atoms with Crippen LogP contribution in [-0.2, 0) is 39.9 Å². The molecule has 48 heavy (non-hydrogen) atoms. The van der Waals surface area contributed by atoms with E-state index in [1.807, 2.05) is 27.7 Å². The molecule has 1 heterocycles. The number of ether oxygens (including phenoxy) is 1. The minimum Gasteiger partial charge on any atom is -0.462 e. The molecule has 1 aromatic rings. The molecular weight excluding hydrogens is 623 g/mol. The van der Waals surface area contributed by atoms with Crippen molar-refractivity contribution in [3.8, 4) is 0 Å². The van der Waals surface area contributed by atoms with Gasteiger partial charge in [0.05, 0.1) is 0 Å². The maximum Gasteiger partial charge on any atom is 0.328 e. The van der Waals surface area contributed by atoms with Gasteiger partial charge in [0.15, 0.2) is 0 Å². The van der Waals surface area contributed by atoms with Gasteiger partial charge in [0, 0.05) is 33.0 Å². The summed E-state index contributed by atoms with van der Waals surface area (Å²) in [5.41, 5.74) is 6.65. The first-order valence-corrected chi connectivity index (χ1v) is 16.7. The fourth-order valence-electron chi connectivity index (χ4n) is 5.58. The van der Waals surface area contributed by atoms with E-state index in [2.05, 4.69) is 16.0 Å². The summed E-state index contributed by atoms with van der Waals surface area (Å²) in [5, 5.41) is 8.16. The summed E-state index contributed by atoms with van der Waals surface area (Å²) in [5.74, 6) is -4.00. The molecule has 0 unspecified atom stereocenters. The predicted octanol–water partition coefficient (Wildman–Crippen LogP) is 1.27. The van der Waals surface area contributed by atoms with Gasteiger partial charge in [-0.1, -0.05) is 39.8 Å². The standard InChI is InChI=1S/C34H53FN6O7/c1-8-40(9-2)33(46)27(18-23-12-14-24(35)15-13-23)38-31(44)26(17-20(3)4)37-32(45)29(21(5)6)39-30(43)25(36)19-48-34(47)28-11-10-16-41(28)22(7)42/h12-15,20-21,25-29H,8-11,16-19,36H2,1-7H3,(H,37,45)(H,38,44)(H,39,43)/t25-,26-,27-,28-,29-/m0/s1. The van der Waals surface area contributed by atoms with Crippen LogP contribution in [-0.4, -0.2) is 102 Å². The highest BCUT2D eigenvalue weighted by Gasteiger charge is 2.35. The van der Waals surface area contributed by atoms with E-state index in [9.17, 15) is 33.2 Å². The van der Waals surface area contributed by atoms with Crippen molar-refractivity contribution in [1.82, 2.24) is 25.8 Å². The van der Waals surface area contributed by atoms with Crippen LogP contribution in [0.2, 0.25) is 0 Å². The Morgan fingerprint density at radius 2 is 1.54 bits per heavy atom. The zero-order valence-electron chi connectivity index (χ0n) is 29.2. The quantitative estimate of drug-likeness (QED) is 0.178. The lowest BCUT2D eigenvalue weighted by molar-refractivity contribution is -0.154. The van der Waals surface area contributed by atoms with Crippen LogP contribution in [0.15, 0.2) is 24.3 Å². The lowest BCUT2D eigenvalue weighted by Gasteiger charge is -2.30. The van der Waals surface area contributed by atoms with Crippen molar-refractivity contribution in [2.24, 2.45) is 17.6 Å². The molecule has 1 aromatic carbocycles. The number of likely N-dealkylation sites (tertiary alicyclic amines) is 1. The number of benzene rings is 1. The molecule has 1 fully saturated rings. The van der Waals surface area contributed by atoms with Crippen LogP contribution in [0.4, 0.5) is 4.39 Å². The van der Waals surface area contributed by atoms with E-state index in [0.29, 0.717) is 38.0 Å². The van der Waals surface area contributed by atoms with Crippen molar-refractivity contribution in [2.75, 3.05) is 26.2 Å². The average Bonchev–Trinajstić information content (AvgIpc) is 3.53. The number of hydrogen-bond acceptors (Lipinski definition) is 8. The number of hydrogen-bond donors (Lipinski definition) is 4. The second-order valence-corrected chi connectivity index (χ2v) is 12.9. The van der Waals surface area contributed by atoms with Gasteiger partial charge in [0.2, 0.25) is 29.5 Å². The molecule has 13 nitrogen and oxygen atoms in total. The highest BCUT2D eigenvalue weighted by atomic mass is 19.1. The summed E-state index contributed by atoms with van der Waals surface area (Å²) in [6.45, 7) is 13.1. The number of nitrogens with one attached hydrogen (secondary N) is 3. The molecule has 5 N–H and O–H groups in total. The van der Waals surface area contributed by atoms with Gasteiger partial charge in [-0.15, -0.1) is 0 Å². The molecule has 1 aliphatic heterocycles. The van der Waals surface area contributed by atoms with E-state index in [-0.39, 0.29) is 30.6 Å². The van der Waals surface area contributed by atoms with E-state index in [0.717, 1.165) is 0 Å². The summed E-state index contributed by atoms with van der Waals surface area (Å²) in [4.78, 5) is 81.0. The van der Waals surface area contributed by atoms with Crippen molar-refractivity contribution in [3.63, 3.8) is 0 Å². The van der Waals surface area contributed by atoms with Gasteiger partial charge in [-0.3, -0.25) is 24.0 Å². The summed E-state index contributed by atoms with van der Waals surface area (Å²) < 4.78 is 18.8. The summed E-state index contributed by atoms with van der Waals surface area (Å²) >= 11 is 0. The zero-order valence-corrected chi connectivity index (χ0v) is 29.2. The maximum absolute atomic E-state index is 13.7. The number of carbonyl (C=O) groups is 6. The first-order valence-electron chi connectivity index (χ1n) is 16.7. The van der Waals surface area contributed by atoms with E-state index < -0.39 is 72.2 Å². The molecule has 5 amide bonds. The maximum atomic E-state index is 13.7. The van der Waals surface area contributed by atoms with Crippen LogP contribution in [0.1, 0.15) is 73.3 Å². The molecule has 0 radical (unpaired) electrons. The van der Waals surface area contributed by atoms with Crippen LogP contribution in [0, 0.1) is 17.7 Å². The minimum atomic E-state index is -1.29. The molecule has 1 saturated heterocycles. The first kappa shape index (κ1) is 40.1. The number of likely N-dealkylation sites (N-methyl/N-ethyl adjacent to an activating group) is 1. The van der Waals surface area contributed by atoms with Crippen molar-refractivity contribution in [2.45, 2.75) is 104 Å². The van der Waals surface area contributed by atoms with Crippen LogP contribution in [0.3, 0.4) is 0 Å². The van der Waals surface area contributed by atoms with Crippen LogP contribution >= 0.6 is 0 Å².